The second-order valence-corrected chi connectivity index (χ2v) is 2.20. The van der Waals surface area contributed by atoms with Crippen molar-refractivity contribution in [1.29, 1.82) is 0 Å². The predicted molar refractivity (Wildman–Crippen MR) is 34.2 cm³/mol. The number of rotatable bonds is 1. The lowest BCUT2D eigenvalue weighted by molar-refractivity contribution is 0.508. The molecule has 2 N–H and O–H groups in total. The molecule has 1 aliphatic carbocycles. The fraction of sp³-hybridized carbons (Fsp3) is 0.714. The zero-order valence-corrected chi connectivity index (χ0v) is 4.98. The van der Waals surface area contributed by atoms with Crippen LogP contribution in [0.4, 0.5) is 0 Å². The molecule has 0 heterocycles. The van der Waals surface area contributed by atoms with Gasteiger partial charge in [0.2, 0.25) is 0 Å². The third-order valence-electron chi connectivity index (χ3n) is 1.53. The maximum atomic E-state index is 5.44. The first-order valence-electron chi connectivity index (χ1n) is 3.09. The molecule has 1 nitrogen and oxygen atoms in total. The molecule has 0 amide bonds. The zero-order chi connectivity index (χ0) is 5.82. The minimum Gasteiger partial charge on any atom is -0.330 e. The Morgan fingerprint density at radius 2 is 2.38 bits per heavy atom. The Morgan fingerprint density at radius 3 is 2.75 bits per heavy atom. The molecule has 44 valence electrons. The maximum absolute atomic E-state index is 5.44. The highest BCUT2D eigenvalue weighted by Gasteiger charge is 2.05. The summed E-state index contributed by atoms with van der Waals surface area (Å²) in [5.74, 6) is 6.79. The third kappa shape index (κ3) is 1.24. The fourth-order valence-electron chi connectivity index (χ4n) is 0.884. The molecule has 0 aromatic rings. The molecule has 1 rings (SSSR count). The number of hydrogen-bond donors (Lipinski definition) is 1. The van der Waals surface area contributed by atoms with Crippen LogP contribution in [0.3, 0.4) is 0 Å². The van der Waals surface area contributed by atoms with E-state index < -0.39 is 0 Å². The average molecular weight is 109 g/mol. The second-order valence-electron chi connectivity index (χ2n) is 2.20. The van der Waals surface area contributed by atoms with E-state index in [1.807, 2.05) is 0 Å². The van der Waals surface area contributed by atoms with E-state index in [1.165, 1.54) is 6.42 Å². The molecule has 0 bridgehead atoms. The molecule has 0 fully saturated rings. The Bertz CT molecular complexity index is 118. The van der Waals surface area contributed by atoms with Crippen molar-refractivity contribution in [3.8, 4) is 11.8 Å². The molecule has 0 aliphatic heterocycles. The van der Waals surface area contributed by atoms with E-state index in [2.05, 4.69) is 11.8 Å². The van der Waals surface area contributed by atoms with E-state index in [-0.39, 0.29) is 0 Å². The van der Waals surface area contributed by atoms with Crippen LogP contribution in [0.25, 0.3) is 0 Å². The van der Waals surface area contributed by atoms with E-state index in [9.17, 15) is 0 Å². The molecule has 1 atom stereocenters. The fourth-order valence-corrected chi connectivity index (χ4v) is 0.884. The Hall–Kier alpha value is -0.480. The Morgan fingerprint density at radius 1 is 1.50 bits per heavy atom. The van der Waals surface area contributed by atoms with E-state index in [4.69, 9.17) is 5.73 Å². The van der Waals surface area contributed by atoms with Crippen molar-refractivity contribution < 1.29 is 0 Å². The van der Waals surface area contributed by atoms with Crippen LogP contribution in [-0.2, 0) is 0 Å². The lowest BCUT2D eigenvalue weighted by Gasteiger charge is -2.10. The standard InChI is InChI=1S/C7H11N/c8-6-7-4-2-1-3-5-7/h7H,2,4-6,8H2. The first kappa shape index (κ1) is 5.65. The van der Waals surface area contributed by atoms with Crippen LogP contribution >= 0.6 is 0 Å². The van der Waals surface area contributed by atoms with Gasteiger partial charge in [0.25, 0.3) is 0 Å². The molecule has 0 saturated carbocycles. The van der Waals surface area contributed by atoms with Gasteiger partial charge in [-0.15, -0.1) is 11.8 Å². The van der Waals surface area contributed by atoms with Crippen LogP contribution in [-0.4, -0.2) is 6.54 Å². The highest BCUT2D eigenvalue weighted by molar-refractivity contribution is 5.04. The largest absolute Gasteiger partial charge is 0.330 e. The van der Waals surface area contributed by atoms with Gasteiger partial charge in [-0.1, -0.05) is 0 Å². The summed E-state index contributed by atoms with van der Waals surface area (Å²) in [6, 6.07) is 0. The van der Waals surface area contributed by atoms with Crippen LogP contribution in [0.15, 0.2) is 0 Å². The van der Waals surface area contributed by atoms with Gasteiger partial charge in [-0.2, -0.15) is 0 Å². The molecule has 0 aromatic heterocycles. The molecule has 1 aliphatic rings. The van der Waals surface area contributed by atoms with Gasteiger partial charge in [-0.05, 0) is 18.9 Å². The molecule has 1 unspecified atom stereocenters. The van der Waals surface area contributed by atoms with Gasteiger partial charge >= 0.3 is 0 Å². The van der Waals surface area contributed by atoms with E-state index in [0.717, 1.165) is 19.4 Å². The minimum absolute atomic E-state index is 0.691. The van der Waals surface area contributed by atoms with E-state index in [0.29, 0.717) is 5.92 Å². The minimum atomic E-state index is 0.691. The summed E-state index contributed by atoms with van der Waals surface area (Å²) in [6.45, 7) is 0.814. The number of nitrogens with two attached hydrogens (primary N) is 1. The van der Waals surface area contributed by atoms with Gasteiger partial charge in [0, 0.05) is 12.8 Å². The smallest absolute Gasteiger partial charge is 0.0129 e. The number of hydrogen-bond acceptors (Lipinski definition) is 1. The second kappa shape index (κ2) is 2.74. The Kier molecular flexibility index (Phi) is 1.93. The van der Waals surface area contributed by atoms with Gasteiger partial charge in [0.1, 0.15) is 0 Å². The Balaban J connectivity index is 2.32. The normalized spacial score (nSPS) is 26.4. The summed E-state index contributed by atoms with van der Waals surface area (Å²) in [5, 5.41) is 0. The van der Waals surface area contributed by atoms with Crippen molar-refractivity contribution in [2.75, 3.05) is 6.54 Å². The SMILES string of the molecule is NCC1CC#CCC1. The maximum Gasteiger partial charge on any atom is 0.0129 e. The molecule has 0 saturated heterocycles. The van der Waals surface area contributed by atoms with Crippen molar-refractivity contribution in [3.05, 3.63) is 0 Å². The van der Waals surface area contributed by atoms with Gasteiger partial charge in [-0.25, -0.2) is 0 Å². The third-order valence-corrected chi connectivity index (χ3v) is 1.53. The monoisotopic (exact) mass is 109 g/mol. The van der Waals surface area contributed by atoms with Crippen LogP contribution < -0.4 is 5.73 Å². The predicted octanol–water partition coefficient (Wildman–Crippen LogP) is 0.749. The van der Waals surface area contributed by atoms with Crippen molar-refractivity contribution in [1.82, 2.24) is 0 Å². The summed E-state index contributed by atoms with van der Waals surface area (Å²) < 4.78 is 0. The summed E-state index contributed by atoms with van der Waals surface area (Å²) in [7, 11) is 0. The molecular weight excluding hydrogens is 98.1 g/mol. The molecule has 0 spiro atoms. The van der Waals surface area contributed by atoms with Crippen molar-refractivity contribution in [2.24, 2.45) is 11.7 Å². The van der Waals surface area contributed by atoms with Crippen LogP contribution in [0.2, 0.25) is 0 Å². The first-order chi connectivity index (χ1) is 3.93. The van der Waals surface area contributed by atoms with Gasteiger partial charge in [0.05, 0.1) is 0 Å². The molecule has 8 heavy (non-hydrogen) atoms. The summed E-state index contributed by atoms with van der Waals surface area (Å²) in [4.78, 5) is 0. The average Bonchev–Trinajstić information content (AvgIpc) is 1.90. The first-order valence-corrected chi connectivity index (χ1v) is 3.09. The quantitative estimate of drug-likeness (QED) is 0.494. The zero-order valence-electron chi connectivity index (χ0n) is 4.98. The topological polar surface area (TPSA) is 26.0 Å². The van der Waals surface area contributed by atoms with Gasteiger partial charge in [0.15, 0.2) is 0 Å². The molecular formula is C7H11N. The summed E-state index contributed by atoms with van der Waals surface area (Å²) in [6.07, 6.45) is 3.29. The summed E-state index contributed by atoms with van der Waals surface area (Å²) in [5.41, 5.74) is 5.44. The van der Waals surface area contributed by atoms with E-state index in [1.54, 1.807) is 0 Å². The molecule has 0 radical (unpaired) electrons. The lowest BCUT2D eigenvalue weighted by atomic mass is 9.97. The van der Waals surface area contributed by atoms with Crippen molar-refractivity contribution in [2.45, 2.75) is 19.3 Å². The lowest BCUT2D eigenvalue weighted by Crippen LogP contribution is -2.14. The highest BCUT2D eigenvalue weighted by Crippen LogP contribution is 2.11. The van der Waals surface area contributed by atoms with Crippen molar-refractivity contribution in [3.63, 3.8) is 0 Å². The van der Waals surface area contributed by atoms with Gasteiger partial charge in [-0.3, -0.25) is 0 Å². The Labute approximate surface area is 50.3 Å². The highest BCUT2D eigenvalue weighted by atomic mass is 14.5. The van der Waals surface area contributed by atoms with Crippen LogP contribution in [0.5, 0.6) is 0 Å². The van der Waals surface area contributed by atoms with Crippen LogP contribution in [0.1, 0.15) is 19.3 Å². The molecule has 1 heteroatoms. The van der Waals surface area contributed by atoms with Crippen molar-refractivity contribution >= 4 is 0 Å². The summed E-state index contributed by atoms with van der Waals surface area (Å²) >= 11 is 0. The van der Waals surface area contributed by atoms with Gasteiger partial charge < -0.3 is 5.73 Å². The molecule has 0 aromatic carbocycles. The van der Waals surface area contributed by atoms with E-state index >= 15 is 0 Å². The van der Waals surface area contributed by atoms with Crippen LogP contribution in [0, 0.1) is 17.8 Å².